The standard InChI is InChI=1S/C16H24N2O3S/c1-13-6-5-7-14(10-13)12-22(20,21)17-8-9-18(15(19)11-17)16(2,3)4/h5-7,10H,8-9,11-12H2,1-4H3. The fourth-order valence-electron chi connectivity index (χ4n) is 2.70. The normalized spacial score (nSPS) is 17.8. The van der Waals surface area contributed by atoms with E-state index in [1.807, 2.05) is 45.9 Å². The van der Waals surface area contributed by atoms with Crippen LogP contribution in [0.5, 0.6) is 0 Å². The SMILES string of the molecule is Cc1cccc(CS(=O)(=O)N2CCN(C(C)(C)C)C(=O)C2)c1. The van der Waals surface area contributed by atoms with Crippen molar-refractivity contribution in [2.45, 2.75) is 39.0 Å². The van der Waals surface area contributed by atoms with Crippen LogP contribution in [0.4, 0.5) is 0 Å². The average Bonchev–Trinajstić information content (AvgIpc) is 2.36. The van der Waals surface area contributed by atoms with Crippen molar-refractivity contribution in [3.8, 4) is 0 Å². The van der Waals surface area contributed by atoms with Crippen molar-refractivity contribution in [1.82, 2.24) is 9.21 Å². The van der Waals surface area contributed by atoms with Gasteiger partial charge in [0.05, 0.1) is 12.3 Å². The third-order valence-electron chi connectivity index (χ3n) is 3.82. The highest BCUT2D eigenvalue weighted by atomic mass is 32.2. The second-order valence-electron chi connectivity index (χ2n) is 6.80. The Balaban J connectivity index is 2.10. The summed E-state index contributed by atoms with van der Waals surface area (Å²) in [5, 5.41) is 0. The Kier molecular flexibility index (Phi) is 4.63. The van der Waals surface area contributed by atoms with Gasteiger partial charge in [0, 0.05) is 18.6 Å². The van der Waals surface area contributed by atoms with E-state index in [0.29, 0.717) is 13.1 Å². The van der Waals surface area contributed by atoms with Gasteiger partial charge in [-0.1, -0.05) is 29.8 Å². The number of nitrogens with zero attached hydrogens (tertiary/aromatic N) is 2. The summed E-state index contributed by atoms with van der Waals surface area (Å²) in [5.74, 6) is -0.191. The Labute approximate surface area is 133 Å². The maximum atomic E-state index is 12.5. The summed E-state index contributed by atoms with van der Waals surface area (Å²) >= 11 is 0. The third-order valence-corrected chi connectivity index (χ3v) is 5.62. The van der Waals surface area contributed by atoms with Crippen molar-refractivity contribution in [2.75, 3.05) is 19.6 Å². The number of piperazine rings is 1. The van der Waals surface area contributed by atoms with Crippen molar-refractivity contribution < 1.29 is 13.2 Å². The molecule has 0 atom stereocenters. The summed E-state index contributed by atoms with van der Waals surface area (Å²) in [5.41, 5.74) is 1.51. The fraction of sp³-hybridized carbons (Fsp3) is 0.562. The molecule has 0 aliphatic carbocycles. The second kappa shape index (κ2) is 6.01. The highest BCUT2D eigenvalue weighted by molar-refractivity contribution is 7.88. The minimum Gasteiger partial charge on any atom is -0.335 e. The van der Waals surface area contributed by atoms with E-state index in [0.717, 1.165) is 11.1 Å². The van der Waals surface area contributed by atoms with Gasteiger partial charge >= 0.3 is 0 Å². The lowest BCUT2D eigenvalue weighted by molar-refractivity contribution is -0.139. The molecule has 1 aliphatic rings. The molecule has 1 aromatic rings. The van der Waals surface area contributed by atoms with Crippen molar-refractivity contribution in [3.05, 3.63) is 35.4 Å². The molecule has 1 heterocycles. The molecule has 0 bridgehead atoms. The molecular weight excluding hydrogens is 300 g/mol. The van der Waals surface area contributed by atoms with E-state index in [1.54, 1.807) is 11.0 Å². The lowest BCUT2D eigenvalue weighted by atomic mass is 10.1. The Hall–Kier alpha value is -1.40. The van der Waals surface area contributed by atoms with Crippen LogP contribution in [0.3, 0.4) is 0 Å². The molecule has 0 spiro atoms. The summed E-state index contributed by atoms with van der Waals surface area (Å²) in [4.78, 5) is 14.0. The molecule has 6 heteroatoms. The molecule has 2 rings (SSSR count). The summed E-state index contributed by atoms with van der Waals surface area (Å²) in [6, 6.07) is 7.45. The molecular formula is C16H24N2O3S. The molecule has 0 unspecified atom stereocenters. The molecule has 1 fully saturated rings. The number of amides is 1. The quantitative estimate of drug-likeness (QED) is 0.851. The smallest absolute Gasteiger partial charge is 0.238 e. The van der Waals surface area contributed by atoms with Gasteiger partial charge in [0.2, 0.25) is 15.9 Å². The van der Waals surface area contributed by atoms with Crippen LogP contribution in [0.15, 0.2) is 24.3 Å². The zero-order chi connectivity index (χ0) is 16.5. The van der Waals surface area contributed by atoms with Crippen molar-refractivity contribution in [1.29, 1.82) is 0 Å². The molecule has 1 saturated heterocycles. The second-order valence-corrected chi connectivity index (χ2v) is 8.76. The number of benzene rings is 1. The number of hydrogen-bond acceptors (Lipinski definition) is 3. The highest BCUT2D eigenvalue weighted by Crippen LogP contribution is 2.20. The van der Waals surface area contributed by atoms with Crippen LogP contribution in [0.25, 0.3) is 0 Å². The monoisotopic (exact) mass is 324 g/mol. The lowest BCUT2D eigenvalue weighted by Gasteiger charge is -2.41. The van der Waals surface area contributed by atoms with Gasteiger partial charge in [0.15, 0.2) is 0 Å². The van der Waals surface area contributed by atoms with Gasteiger partial charge in [-0.25, -0.2) is 8.42 Å². The van der Waals surface area contributed by atoms with Crippen LogP contribution in [-0.4, -0.2) is 48.7 Å². The number of carbonyl (C=O) groups is 1. The van der Waals surface area contributed by atoms with E-state index in [1.165, 1.54) is 4.31 Å². The maximum absolute atomic E-state index is 12.5. The third kappa shape index (κ3) is 3.87. The first kappa shape index (κ1) is 17.0. The Bertz CT molecular complexity index is 662. The zero-order valence-electron chi connectivity index (χ0n) is 13.7. The topological polar surface area (TPSA) is 57.7 Å². The van der Waals surface area contributed by atoms with E-state index < -0.39 is 10.0 Å². The van der Waals surface area contributed by atoms with E-state index in [4.69, 9.17) is 0 Å². The number of aryl methyl sites for hydroxylation is 1. The van der Waals surface area contributed by atoms with Crippen LogP contribution in [0.1, 0.15) is 31.9 Å². The molecule has 0 radical (unpaired) electrons. The van der Waals surface area contributed by atoms with Gasteiger partial charge in [0.25, 0.3) is 0 Å². The first-order valence-corrected chi connectivity index (χ1v) is 9.04. The van der Waals surface area contributed by atoms with Crippen molar-refractivity contribution in [3.63, 3.8) is 0 Å². The van der Waals surface area contributed by atoms with Crippen LogP contribution in [-0.2, 0) is 20.6 Å². The van der Waals surface area contributed by atoms with Gasteiger partial charge in [-0.15, -0.1) is 0 Å². The van der Waals surface area contributed by atoms with Gasteiger partial charge < -0.3 is 4.90 Å². The van der Waals surface area contributed by atoms with E-state index in [2.05, 4.69) is 0 Å². The first-order chi connectivity index (χ1) is 10.1. The van der Waals surface area contributed by atoms with Crippen LogP contribution >= 0.6 is 0 Å². The van der Waals surface area contributed by atoms with Gasteiger partial charge in [-0.2, -0.15) is 4.31 Å². The minimum atomic E-state index is -3.47. The highest BCUT2D eigenvalue weighted by Gasteiger charge is 2.36. The van der Waals surface area contributed by atoms with Crippen LogP contribution in [0, 0.1) is 6.92 Å². The minimum absolute atomic E-state index is 0.0581. The number of rotatable bonds is 3. The van der Waals surface area contributed by atoms with Gasteiger partial charge in [0.1, 0.15) is 0 Å². The van der Waals surface area contributed by atoms with Crippen molar-refractivity contribution in [2.24, 2.45) is 0 Å². The van der Waals surface area contributed by atoms with E-state index in [-0.39, 0.29) is 23.7 Å². The summed E-state index contributed by atoms with van der Waals surface area (Å²) in [6.45, 7) is 8.55. The molecule has 122 valence electrons. The molecule has 1 amide bonds. The summed E-state index contributed by atoms with van der Waals surface area (Å²) < 4.78 is 26.4. The Morgan fingerprint density at radius 3 is 2.41 bits per heavy atom. The van der Waals surface area contributed by atoms with Gasteiger partial charge in [-0.05, 0) is 33.3 Å². The zero-order valence-corrected chi connectivity index (χ0v) is 14.5. The Morgan fingerprint density at radius 2 is 1.86 bits per heavy atom. The molecule has 0 N–H and O–H groups in total. The molecule has 5 nitrogen and oxygen atoms in total. The molecule has 22 heavy (non-hydrogen) atoms. The number of sulfonamides is 1. The van der Waals surface area contributed by atoms with E-state index >= 15 is 0 Å². The van der Waals surface area contributed by atoms with Gasteiger partial charge in [-0.3, -0.25) is 4.79 Å². The largest absolute Gasteiger partial charge is 0.335 e. The van der Waals surface area contributed by atoms with Crippen LogP contribution in [0.2, 0.25) is 0 Å². The molecule has 1 aliphatic heterocycles. The fourth-order valence-corrected chi connectivity index (χ4v) is 4.15. The van der Waals surface area contributed by atoms with E-state index in [9.17, 15) is 13.2 Å². The predicted molar refractivity (Wildman–Crippen MR) is 86.8 cm³/mol. The first-order valence-electron chi connectivity index (χ1n) is 7.43. The van der Waals surface area contributed by atoms with Crippen molar-refractivity contribution >= 4 is 15.9 Å². The van der Waals surface area contributed by atoms with Crippen LogP contribution < -0.4 is 0 Å². The maximum Gasteiger partial charge on any atom is 0.238 e. The molecule has 0 aromatic heterocycles. The number of carbonyl (C=O) groups excluding carboxylic acids is 1. The predicted octanol–water partition coefficient (Wildman–Crippen LogP) is 1.77. The average molecular weight is 324 g/mol. The molecule has 1 aromatic carbocycles. The summed E-state index contributed by atoms with van der Waals surface area (Å²) in [6.07, 6.45) is 0. The number of hydrogen-bond donors (Lipinski definition) is 0. The lowest BCUT2D eigenvalue weighted by Crippen LogP contribution is -2.58. The summed E-state index contributed by atoms with van der Waals surface area (Å²) in [7, 11) is -3.47. The Morgan fingerprint density at radius 1 is 1.18 bits per heavy atom. The molecule has 0 saturated carbocycles.